The van der Waals surface area contributed by atoms with E-state index >= 15 is 0 Å². The average Bonchev–Trinajstić information content (AvgIpc) is 2.41. The van der Waals surface area contributed by atoms with Gasteiger partial charge in [0.05, 0.1) is 18.2 Å². The second-order valence-electron chi connectivity index (χ2n) is 2.93. The van der Waals surface area contributed by atoms with Crippen LogP contribution in [0, 0.1) is 0 Å². The highest BCUT2D eigenvalue weighted by molar-refractivity contribution is 9.10. The summed E-state index contributed by atoms with van der Waals surface area (Å²) >= 11 is 3.01. The Morgan fingerprint density at radius 3 is 2.53 bits per heavy atom. The maximum Gasteiger partial charge on any atom is 0.391 e. The van der Waals surface area contributed by atoms with Gasteiger partial charge < -0.3 is 0 Å². The Balaban J connectivity index is 2.93. The van der Waals surface area contributed by atoms with Gasteiger partial charge >= 0.3 is 6.18 Å². The van der Waals surface area contributed by atoms with Crippen molar-refractivity contribution in [3.63, 3.8) is 0 Å². The minimum atomic E-state index is -4.30. The Bertz CT molecular complexity index is 316. The van der Waals surface area contributed by atoms with E-state index in [0.29, 0.717) is 0 Å². The number of halogens is 4. The largest absolute Gasteiger partial charge is 0.391 e. The molecule has 1 unspecified atom stereocenters. The van der Waals surface area contributed by atoms with Crippen LogP contribution >= 0.6 is 15.9 Å². The second kappa shape index (κ2) is 4.45. The molecule has 1 atom stereocenters. The zero-order chi connectivity index (χ0) is 11.6. The molecule has 0 saturated heterocycles. The molecular formula is C6H9BrF3N5. The maximum absolute atomic E-state index is 12.2. The average molecular weight is 288 g/mol. The number of hydrogen-bond donors (Lipinski definition) is 2. The van der Waals surface area contributed by atoms with Crippen molar-refractivity contribution in [2.45, 2.75) is 18.6 Å². The highest BCUT2D eigenvalue weighted by atomic mass is 79.9. The number of nitrogens with zero attached hydrogens (tertiary/aromatic N) is 3. The molecule has 0 aliphatic heterocycles. The van der Waals surface area contributed by atoms with Crippen LogP contribution in [0.2, 0.25) is 0 Å². The third-order valence-electron chi connectivity index (χ3n) is 1.79. The lowest BCUT2D eigenvalue weighted by Gasteiger charge is -2.17. The number of nitrogens with one attached hydrogen (secondary N) is 1. The van der Waals surface area contributed by atoms with Crippen LogP contribution in [0.3, 0.4) is 0 Å². The predicted octanol–water partition coefficient (Wildman–Crippen LogP) is 1.03. The molecule has 0 aliphatic carbocycles. The van der Waals surface area contributed by atoms with Gasteiger partial charge in [-0.1, -0.05) is 5.21 Å². The molecule has 0 fully saturated rings. The van der Waals surface area contributed by atoms with Crippen LogP contribution in [0.15, 0.2) is 4.60 Å². The summed E-state index contributed by atoms with van der Waals surface area (Å²) in [5.41, 5.74) is 2.35. The van der Waals surface area contributed by atoms with Gasteiger partial charge in [-0.2, -0.15) is 13.2 Å². The molecule has 1 aromatic rings. The second-order valence-corrected chi connectivity index (χ2v) is 3.68. The minimum absolute atomic E-state index is 0.247. The van der Waals surface area contributed by atoms with E-state index in [1.165, 1.54) is 11.7 Å². The zero-order valence-corrected chi connectivity index (χ0v) is 9.30. The van der Waals surface area contributed by atoms with Crippen LogP contribution < -0.4 is 11.3 Å². The molecule has 0 radical (unpaired) electrons. The Hall–Kier alpha value is -0.670. The first-order chi connectivity index (χ1) is 6.85. The molecule has 0 aromatic carbocycles. The molecule has 0 saturated carbocycles. The smallest absolute Gasteiger partial charge is 0.271 e. The summed E-state index contributed by atoms with van der Waals surface area (Å²) in [6.07, 6.45) is -5.38. The molecule has 1 rings (SSSR count). The fourth-order valence-corrected chi connectivity index (χ4v) is 1.78. The van der Waals surface area contributed by atoms with E-state index in [1.807, 2.05) is 0 Å². The number of aromatic nitrogens is 3. The van der Waals surface area contributed by atoms with E-state index in [2.05, 4.69) is 31.7 Å². The maximum atomic E-state index is 12.2. The van der Waals surface area contributed by atoms with E-state index < -0.39 is 18.6 Å². The van der Waals surface area contributed by atoms with Crippen LogP contribution in [0.25, 0.3) is 0 Å². The van der Waals surface area contributed by atoms with Crippen molar-refractivity contribution in [2.75, 3.05) is 0 Å². The van der Waals surface area contributed by atoms with Crippen molar-refractivity contribution in [1.29, 1.82) is 0 Å². The summed E-state index contributed by atoms with van der Waals surface area (Å²) in [5, 5.41) is 7.15. The van der Waals surface area contributed by atoms with Gasteiger partial charge in [0, 0.05) is 7.05 Å². The van der Waals surface area contributed by atoms with Crippen LogP contribution in [-0.2, 0) is 7.05 Å². The number of nitrogens with two attached hydrogens (primary N) is 1. The van der Waals surface area contributed by atoms with Gasteiger partial charge in [0.25, 0.3) is 0 Å². The molecule has 0 amide bonds. The topological polar surface area (TPSA) is 68.8 Å². The van der Waals surface area contributed by atoms with E-state index in [1.54, 1.807) is 0 Å². The fourth-order valence-electron chi connectivity index (χ4n) is 1.17. The van der Waals surface area contributed by atoms with Gasteiger partial charge in [-0.25, -0.2) is 4.68 Å². The van der Waals surface area contributed by atoms with Crippen molar-refractivity contribution < 1.29 is 13.2 Å². The van der Waals surface area contributed by atoms with Crippen LogP contribution in [0.1, 0.15) is 18.2 Å². The van der Waals surface area contributed by atoms with Crippen molar-refractivity contribution in [3.8, 4) is 0 Å². The van der Waals surface area contributed by atoms with Crippen molar-refractivity contribution >= 4 is 15.9 Å². The van der Waals surface area contributed by atoms with Gasteiger partial charge in [0.1, 0.15) is 0 Å². The molecule has 0 spiro atoms. The van der Waals surface area contributed by atoms with Crippen molar-refractivity contribution in [1.82, 2.24) is 20.4 Å². The number of alkyl halides is 3. The van der Waals surface area contributed by atoms with Gasteiger partial charge in [-0.15, -0.1) is 5.10 Å². The van der Waals surface area contributed by atoms with Gasteiger partial charge in [-0.05, 0) is 15.9 Å². The SMILES string of the molecule is Cn1nnc(Br)c1C(CC(F)(F)F)NN. The first-order valence-corrected chi connectivity index (χ1v) is 4.72. The lowest BCUT2D eigenvalue weighted by Crippen LogP contribution is -2.33. The van der Waals surface area contributed by atoms with E-state index in [4.69, 9.17) is 5.84 Å². The minimum Gasteiger partial charge on any atom is -0.271 e. The summed E-state index contributed by atoms with van der Waals surface area (Å²) < 4.78 is 38.0. The lowest BCUT2D eigenvalue weighted by atomic mass is 10.1. The summed E-state index contributed by atoms with van der Waals surface area (Å²) in [6, 6.07) is -1.07. The number of hydrogen-bond acceptors (Lipinski definition) is 4. The summed E-state index contributed by atoms with van der Waals surface area (Å²) in [5.74, 6) is 5.07. The van der Waals surface area contributed by atoms with Crippen LogP contribution in [-0.4, -0.2) is 21.2 Å². The quantitative estimate of drug-likeness (QED) is 0.644. The fraction of sp³-hybridized carbons (Fsp3) is 0.667. The Labute approximate surface area is 91.9 Å². The number of hydrazine groups is 1. The van der Waals surface area contributed by atoms with Crippen molar-refractivity contribution in [2.24, 2.45) is 12.9 Å². The van der Waals surface area contributed by atoms with E-state index in [-0.39, 0.29) is 10.3 Å². The lowest BCUT2D eigenvalue weighted by molar-refractivity contribution is -0.140. The third-order valence-corrected chi connectivity index (χ3v) is 2.36. The first kappa shape index (κ1) is 12.4. The van der Waals surface area contributed by atoms with E-state index in [0.717, 1.165) is 0 Å². The highest BCUT2D eigenvalue weighted by Crippen LogP contribution is 2.31. The Kier molecular flexibility index (Phi) is 3.68. The molecule has 0 aliphatic rings. The first-order valence-electron chi connectivity index (χ1n) is 3.93. The molecule has 1 heterocycles. The highest BCUT2D eigenvalue weighted by Gasteiger charge is 2.34. The zero-order valence-electron chi connectivity index (χ0n) is 7.72. The standard InChI is InChI=1S/C6H9BrF3N5/c1-15-4(5(7)13-14-15)3(12-11)2-6(8,9)10/h3,12H,2,11H2,1H3. The molecule has 15 heavy (non-hydrogen) atoms. The third kappa shape index (κ3) is 3.14. The number of aryl methyl sites for hydroxylation is 1. The van der Waals surface area contributed by atoms with Crippen LogP contribution in [0.4, 0.5) is 13.2 Å². The summed E-state index contributed by atoms with van der Waals surface area (Å²) in [7, 11) is 1.49. The van der Waals surface area contributed by atoms with Gasteiger partial charge in [0.2, 0.25) is 0 Å². The molecule has 1 aromatic heterocycles. The Morgan fingerprint density at radius 2 is 2.20 bits per heavy atom. The predicted molar refractivity (Wildman–Crippen MR) is 49.4 cm³/mol. The molecule has 0 bridgehead atoms. The molecule has 86 valence electrons. The summed E-state index contributed by atoms with van der Waals surface area (Å²) in [6.45, 7) is 0. The van der Waals surface area contributed by atoms with Gasteiger partial charge in [0.15, 0.2) is 4.60 Å². The Morgan fingerprint density at radius 1 is 1.60 bits per heavy atom. The number of rotatable bonds is 3. The normalized spacial score (nSPS) is 14.3. The summed E-state index contributed by atoms with van der Waals surface area (Å²) in [4.78, 5) is 0. The molecular weight excluding hydrogens is 279 g/mol. The van der Waals surface area contributed by atoms with E-state index in [9.17, 15) is 13.2 Å². The molecule has 5 nitrogen and oxygen atoms in total. The molecule has 3 N–H and O–H groups in total. The molecule has 9 heteroatoms. The monoisotopic (exact) mass is 287 g/mol. The van der Waals surface area contributed by atoms with Crippen LogP contribution in [0.5, 0.6) is 0 Å². The van der Waals surface area contributed by atoms with Gasteiger partial charge in [-0.3, -0.25) is 11.3 Å². The van der Waals surface area contributed by atoms with Crippen molar-refractivity contribution in [3.05, 3.63) is 10.3 Å².